The molecule has 1 unspecified atom stereocenters. The second kappa shape index (κ2) is 7.07. The van der Waals surface area contributed by atoms with Crippen molar-refractivity contribution in [2.24, 2.45) is 5.92 Å². The molecule has 3 nitrogen and oxygen atoms in total. The minimum Gasteiger partial charge on any atom is -0.251 e. The van der Waals surface area contributed by atoms with E-state index < -0.39 is 28.4 Å². The third-order valence-corrected chi connectivity index (χ3v) is 5.73. The molecule has 0 N–H and O–H groups in total. The van der Waals surface area contributed by atoms with E-state index in [1.54, 1.807) is 12.1 Å². The van der Waals surface area contributed by atoms with Gasteiger partial charge in [-0.1, -0.05) is 18.2 Å². The zero-order valence-electron chi connectivity index (χ0n) is 14.4. The first-order chi connectivity index (χ1) is 12.6. The largest absolute Gasteiger partial charge is 0.433 e. The van der Waals surface area contributed by atoms with Crippen molar-refractivity contribution in [3.63, 3.8) is 0 Å². The Labute approximate surface area is 154 Å². The number of pyridine rings is 1. The Morgan fingerprint density at radius 2 is 1.56 bits per heavy atom. The smallest absolute Gasteiger partial charge is 0.251 e. The summed E-state index contributed by atoms with van der Waals surface area (Å²) in [7, 11) is -3.34. The lowest BCUT2D eigenvalue weighted by Crippen LogP contribution is -2.07. The normalized spacial score (nSPS) is 18.2. The Kier molecular flexibility index (Phi) is 5.12. The molecule has 2 aromatic rings. The van der Waals surface area contributed by atoms with Crippen LogP contribution in [0.5, 0.6) is 0 Å². The van der Waals surface area contributed by atoms with Gasteiger partial charge in [-0.25, -0.2) is 8.42 Å². The van der Waals surface area contributed by atoms with Gasteiger partial charge in [0.05, 0.1) is 11.6 Å². The number of alkyl halides is 4. The Hall–Kier alpha value is -2.22. The predicted octanol–water partition coefficient (Wildman–Crippen LogP) is 4.79. The van der Waals surface area contributed by atoms with E-state index in [0.29, 0.717) is 18.4 Å². The van der Waals surface area contributed by atoms with Crippen LogP contribution >= 0.6 is 0 Å². The quantitative estimate of drug-likeness (QED) is 0.695. The molecule has 144 valence electrons. The summed E-state index contributed by atoms with van der Waals surface area (Å²) < 4.78 is 74.6. The van der Waals surface area contributed by atoms with Crippen molar-refractivity contribution in [3.8, 4) is 0 Å². The summed E-state index contributed by atoms with van der Waals surface area (Å²) in [6.45, 7) is -0.539. The van der Waals surface area contributed by atoms with Crippen molar-refractivity contribution < 1.29 is 26.0 Å². The van der Waals surface area contributed by atoms with Crippen molar-refractivity contribution in [2.75, 3.05) is 12.9 Å². The fourth-order valence-electron chi connectivity index (χ4n) is 3.23. The van der Waals surface area contributed by atoms with E-state index in [9.17, 15) is 26.0 Å². The number of nitrogens with zero attached hydrogens (tertiary/aromatic N) is 1. The van der Waals surface area contributed by atoms with Crippen LogP contribution < -0.4 is 0 Å². The summed E-state index contributed by atoms with van der Waals surface area (Å²) in [5.74, 6) is -0.258. The molecule has 0 spiro atoms. The van der Waals surface area contributed by atoms with Crippen LogP contribution in [0.3, 0.4) is 0 Å². The molecular weight excluding hydrogens is 382 g/mol. The number of aromatic nitrogens is 1. The Bertz CT molecular complexity index is 962. The van der Waals surface area contributed by atoms with E-state index >= 15 is 0 Å². The maximum atomic E-state index is 13.2. The summed E-state index contributed by atoms with van der Waals surface area (Å²) in [6, 6.07) is 8.49. The molecule has 1 atom stereocenters. The SMILES string of the molecule is CS(=O)(=O)c1ccc(C2=C(c3ccc(C(F)(F)F)nc3)CC(CF)C2)cc1. The average Bonchev–Trinajstić information content (AvgIpc) is 3.05. The Morgan fingerprint density at radius 3 is 2.00 bits per heavy atom. The molecule has 27 heavy (non-hydrogen) atoms. The third kappa shape index (κ3) is 4.21. The van der Waals surface area contributed by atoms with Crippen LogP contribution in [-0.2, 0) is 16.0 Å². The van der Waals surface area contributed by atoms with E-state index in [1.165, 1.54) is 18.2 Å². The second-order valence-corrected chi connectivity index (χ2v) is 8.63. The first kappa shape index (κ1) is 19.5. The number of halogens is 4. The van der Waals surface area contributed by atoms with Gasteiger partial charge in [0.2, 0.25) is 0 Å². The van der Waals surface area contributed by atoms with Crippen LogP contribution in [0, 0.1) is 5.92 Å². The number of allylic oxidation sites excluding steroid dienone is 2. The molecular formula is C19H17F4NO2S. The highest BCUT2D eigenvalue weighted by Gasteiger charge is 2.33. The average molecular weight is 399 g/mol. The molecule has 0 saturated carbocycles. The molecule has 0 radical (unpaired) electrons. The van der Waals surface area contributed by atoms with Gasteiger partial charge in [0.1, 0.15) is 5.69 Å². The minimum atomic E-state index is -4.52. The fourth-order valence-corrected chi connectivity index (χ4v) is 3.86. The molecule has 1 aromatic carbocycles. The van der Waals surface area contributed by atoms with E-state index in [0.717, 1.165) is 35.2 Å². The van der Waals surface area contributed by atoms with E-state index in [4.69, 9.17) is 0 Å². The zero-order valence-corrected chi connectivity index (χ0v) is 15.2. The number of sulfone groups is 1. The van der Waals surface area contributed by atoms with Crippen molar-refractivity contribution in [2.45, 2.75) is 23.9 Å². The van der Waals surface area contributed by atoms with Gasteiger partial charge in [0, 0.05) is 12.5 Å². The van der Waals surface area contributed by atoms with Crippen LogP contribution in [0.2, 0.25) is 0 Å². The molecule has 0 amide bonds. The van der Waals surface area contributed by atoms with Gasteiger partial charge in [-0.2, -0.15) is 13.2 Å². The van der Waals surface area contributed by atoms with Gasteiger partial charge in [0.15, 0.2) is 9.84 Å². The fraction of sp³-hybridized carbons (Fsp3) is 0.316. The standard InChI is InChI=1S/C19H17F4NO2S/c1-27(25,26)15-5-2-13(3-6-15)16-8-12(10-20)9-17(16)14-4-7-18(24-11-14)19(21,22)23/h2-7,11-12H,8-10H2,1H3. The minimum absolute atomic E-state index is 0.171. The molecule has 1 aliphatic rings. The predicted molar refractivity (Wildman–Crippen MR) is 94.3 cm³/mol. The van der Waals surface area contributed by atoms with Gasteiger partial charge in [0.25, 0.3) is 0 Å². The van der Waals surface area contributed by atoms with Gasteiger partial charge < -0.3 is 0 Å². The molecule has 8 heteroatoms. The first-order valence-corrected chi connectivity index (χ1v) is 10.1. The molecule has 0 saturated heterocycles. The summed E-state index contributed by atoms with van der Waals surface area (Å²) in [6.07, 6.45) is -1.43. The topological polar surface area (TPSA) is 47.0 Å². The lowest BCUT2D eigenvalue weighted by Gasteiger charge is -2.10. The molecule has 0 aliphatic heterocycles. The summed E-state index contributed by atoms with van der Waals surface area (Å²) >= 11 is 0. The molecule has 1 aromatic heterocycles. The Morgan fingerprint density at radius 1 is 1.00 bits per heavy atom. The maximum absolute atomic E-state index is 13.2. The van der Waals surface area contributed by atoms with Crippen LogP contribution in [-0.4, -0.2) is 26.3 Å². The van der Waals surface area contributed by atoms with Gasteiger partial charge in [-0.05, 0) is 59.2 Å². The summed E-state index contributed by atoms with van der Waals surface area (Å²) in [4.78, 5) is 3.66. The number of benzene rings is 1. The second-order valence-electron chi connectivity index (χ2n) is 6.61. The van der Waals surface area contributed by atoms with Gasteiger partial charge >= 0.3 is 6.18 Å². The van der Waals surface area contributed by atoms with Crippen molar-refractivity contribution in [3.05, 3.63) is 59.4 Å². The van der Waals surface area contributed by atoms with Crippen LogP contribution in [0.25, 0.3) is 11.1 Å². The van der Waals surface area contributed by atoms with E-state index in [1.807, 2.05) is 0 Å². The molecule has 3 rings (SSSR count). The summed E-state index contributed by atoms with van der Waals surface area (Å²) in [5, 5.41) is 0. The third-order valence-electron chi connectivity index (χ3n) is 4.60. The number of hydrogen-bond donors (Lipinski definition) is 0. The maximum Gasteiger partial charge on any atom is 0.433 e. The van der Waals surface area contributed by atoms with Crippen molar-refractivity contribution in [1.29, 1.82) is 0 Å². The summed E-state index contributed by atoms with van der Waals surface area (Å²) in [5.41, 5.74) is 1.81. The Balaban J connectivity index is 2.01. The van der Waals surface area contributed by atoms with E-state index in [-0.39, 0.29) is 10.8 Å². The number of hydrogen-bond acceptors (Lipinski definition) is 3. The first-order valence-electron chi connectivity index (χ1n) is 8.21. The van der Waals surface area contributed by atoms with E-state index in [2.05, 4.69) is 4.98 Å². The van der Waals surface area contributed by atoms with Crippen LogP contribution in [0.1, 0.15) is 29.7 Å². The monoisotopic (exact) mass is 399 g/mol. The molecule has 1 aliphatic carbocycles. The highest BCUT2D eigenvalue weighted by molar-refractivity contribution is 7.90. The van der Waals surface area contributed by atoms with Crippen molar-refractivity contribution in [1.82, 2.24) is 4.98 Å². The lowest BCUT2D eigenvalue weighted by atomic mass is 9.98. The highest BCUT2D eigenvalue weighted by Crippen LogP contribution is 2.43. The lowest BCUT2D eigenvalue weighted by molar-refractivity contribution is -0.141. The van der Waals surface area contributed by atoms with Gasteiger partial charge in [-0.15, -0.1) is 0 Å². The zero-order chi connectivity index (χ0) is 19.8. The van der Waals surface area contributed by atoms with Gasteiger partial charge in [-0.3, -0.25) is 9.37 Å². The molecule has 0 bridgehead atoms. The van der Waals surface area contributed by atoms with Crippen LogP contribution in [0.4, 0.5) is 17.6 Å². The van der Waals surface area contributed by atoms with Crippen LogP contribution in [0.15, 0.2) is 47.5 Å². The highest BCUT2D eigenvalue weighted by atomic mass is 32.2. The molecule has 1 heterocycles. The molecule has 0 fully saturated rings. The number of rotatable bonds is 4. The van der Waals surface area contributed by atoms with Crippen molar-refractivity contribution >= 4 is 21.0 Å².